The van der Waals surface area contributed by atoms with Crippen LogP contribution in [0.5, 0.6) is 0 Å². The number of hydrogen-bond acceptors (Lipinski definition) is 34. The second-order valence-electron chi connectivity index (χ2n) is 32.1. The van der Waals surface area contributed by atoms with E-state index in [4.69, 9.17) is 71.1 Å². The van der Waals surface area contributed by atoms with E-state index in [0.29, 0.717) is 38.5 Å². The predicted molar refractivity (Wildman–Crippen MR) is 339 cm³/mol. The molecular formula is C69H106O34. The number of fused-ring (bicyclic) bond motifs is 7. The fraction of sp³-hybridized carbons (Fsp3) is 0.899. The lowest BCUT2D eigenvalue weighted by molar-refractivity contribution is -0.382. The van der Waals surface area contributed by atoms with Gasteiger partial charge in [0.05, 0.1) is 50.2 Å². The Morgan fingerprint density at radius 2 is 1.14 bits per heavy atom. The lowest BCUT2D eigenvalue weighted by Crippen LogP contribution is -2.69. The number of ether oxygens (including phenoxy) is 15. The van der Waals surface area contributed by atoms with Crippen LogP contribution in [0.15, 0.2) is 11.6 Å². The van der Waals surface area contributed by atoms with Gasteiger partial charge in [0.2, 0.25) is 6.29 Å². The van der Waals surface area contributed by atoms with Gasteiger partial charge in [-0.2, -0.15) is 0 Å². The highest BCUT2D eigenvalue weighted by molar-refractivity contribution is 5.80. The van der Waals surface area contributed by atoms with E-state index in [1.807, 2.05) is 0 Å². The largest absolute Gasteiger partial charge is 0.467 e. The van der Waals surface area contributed by atoms with Crippen molar-refractivity contribution in [3.05, 3.63) is 11.6 Å². The van der Waals surface area contributed by atoms with Crippen LogP contribution >= 0.6 is 0 Å². The van der Waals surface area contributed by atoms with Crippen molar-refractivity contribution in [1.82, 2.24) is 0 Å². The van der Waals surface area contributed by atoms with E-state index in [0.717, 1.165) is 32.8 Å². The number of carbonyl (C=O) groups excluding carboxylic acids is 5. The summed E-state index contributed by atoms with van der Waals surface area (Å²) in [5, 5.41) is 156. The van der Waals surface area contributed by atoms with Crippen molar-refractivity contribution in [2.75, 3.05) is 26.9 Å². The number of methoxy groups -OCH3 is 1. The molecule has 34 nitrogen and oxygen atoms in total. The number of rotatable bonds is 18. The number of aliphatic hydroxyl groups is 14. The molecule has 0 radical (unpaired) electrons. The monoisotopic (exact) mass is 1480 g/mol. The highest BCUT2D eigenvalue weighted by atomic mass is 16.8. The van der Waals surface area contributed by atoms with Gasteiger partial charge in [-0.3, -0.25) is 14.4 Å². The first-order chi connectivity index (χ1) is 48.3. The lowest BCUT2D eigenvalue weighted by Gasteiger charge is -2.71. The molecule has 4 saturated carbocycles. The highest BCUT2D eigenvalue weighted by Gasteiger charge is 2.73. The number of carbonyl (C=O) groups is 5. The van der Waals surface area contributed by atoms with E-state index in [-0.39, 0.29) is 25.2 Å². The van der Waals surface area contributed by atoms with Gasteiger partial charge in [0.1, 0.15) is 122 Å². The Morgan fingerprint density at radius 3 is 1.79 bits per heavy atom. The van der Waals surface area contributed by atoms with Crippen molar-refractivity contribution in [2.24, 2.45) is 50.2 Å². The van der Waals surface area contributed by atoms with E-state index in [1.54, 1.807) is 6.92 Å². The third-order valence-electron chi connectivity index (χ3n) is 25.5. The zero-order chi connectivity index (χ0) is 75.4. The summed E-state index contributed by atoms with van der Waals surface area (Å²) in [5.41, 5.74) is -4.76. The van der Waals surface area contributed by atoms with Crippen molar-refractivity contribution < 1.29 is 167 Å². The van der Waals surface area contributed by atoms with E-state index >= 15 is 4.79 Å². The summed E-state index contributed by atoms with van der Waals surface area (Å²) in [5.74, 6) is -4.99. The van der Waals surface area contributed by atoms with Crippen LogP contribution in [0.2, 0.25) is 0 Å². The van der Waals surface area contributed by atoms with Gasteiger partial charge in [-0.1, -0.05) is 53.2 Å². The molecule has 11 rings (SSSR count). The maximum absolute atomic E-state index is 16.2. The topological polar surface area (TPSA) is 507 Å². The molecule has 0 aromatic carbocycles. The molecule has 11 aliphatic rings. The van der Waals surface area contributed by atoms with Gasteiger partial charge in [-0.25, -0.2) is 4.79 Å². The third-order valence-corrected chi connectivity index (χ3v) is 25.5. The Hall–Kier alpha value is -3.71. The summed E-state index contributed by atoms with van der Waals surface area (Å²) in [4.78, 5) is 68.4. The molecule has 0 amide bonds. The highest BCUT2D eigenvalue weighted by Crippen LogP contribution is 2.76. The van der Waals surface area contributed by atoms with Crippen LogP contribution in [0.3, 0.4) is 0 Å². The van der Waals surface area contributed by atoms with Crippen molar-refractivity contribution in [2.45, 2.75) is 311 Å². The number of aliphatic hydroxyl groups excluding tert-OH is 14. The minimum absolute atomic E-state index is 0.0269. The zero-order valence-electron chi connectivity index (χ0n) is 59.6. The summed E-state index contributed by atoms with van der Waals surface area (Å²) in [7, 11) is 1.04. The number of hydrogen-bond donors (Lipinski definition) is 14. The smallest absolute Gasteiger partial charge is 0.337 e. The third kappa shape index (κ3) is 14.1. The second kappa shape index (κ2) is 30.3. The van der Waals surface area contributed by atoms with Gasteiger partial charge >= 0.3 is 23.9 Å². The quantitative estimate of drug-likeness (QED) is 0.0207. The number of allylic oxidation sites excluding steroid dienone is 2. The minimum atomic E-state index is -2.09. The molecule has 0 aromatic heterocycles. The van der Waals surface area contributed by atoms with E-state index in [9.17, 15) is 90.7 Å². The Balaban J connectivity index is 0.895. The summed E-state index contributed by atoms with van der Waals surface area (Å²) in [6.07, 6.45) is -45.7. The molecule has 6 saturated heterocycles. The fourth-order valence-corrected chi connectivity index (χ4v) is 19.5. The van der Waals surface area contributed by atoms with Crippen molar-refractivity contribution >= 4 is 30.2 Å². The van der Waals surface area contributed by atoms with Crippen molar-refractivity contribution in [1.29, 1.82) is 0 Å². The number of esters is 4. The molecule has 0 bridgehead atoms. The van der Waals surface area contributed by atoms with E-state index in [2.05, 4.69) is 40.7 Å². The predicted octanol–water partition coefficient (Wildman–Crippen LogP) is -3.58. The summed E-state index contributed by atoms with van der Waals surface area (Å²) in [6, 6.07) is 0. The molecule has 103 heavy (non-hydrogen) atoms. The lowest BCUT2D eigenvalue weighted by atomic mass is 9.33. The molecule has 0 spiro atoms. The molecule has 38 atom stereocenters. The summed E-state index contributed by atoms with van der Waals surface area (Å²) >= 11 is 0. The zero-order valence-corrected chi connectivity index (χ0v) is 59.6. The molecule has 14 N–H and O–H groups in total. The Kier molecular flexibility index (Phi) is 23.6. The minimum Gasteiger partial charge on any atom is -0.467 e. The SMILES string of the molecule is COC(=O)[C@@H]1O[C@H](O[C@@H]2CC[C@@]3(C)[C@H](CC[C@]4(C)[C@@H]3CC=C3[C@H]5CC(C)(C)CC[C@@]5(C(=O)O[C@H]5O[C@H](C)[C@@H](OC(C)=O)[C@H](O[C@H]6O[C@H](COC(C)=O)[C@@H](O)[C@H]6O)[C@@H]5O[C@@H]5O[C@@H](C)[C@H](O[C@@H]6OC[C@H](O)[C@@H](O)[C@@H]6O)[C@H](O)[C@@H]5O)[C@H](O)C[C@@]34C)[C@@]2(C)C=O)[C@@H](O[C@H]2O[C@@H](CO)[C@@H](O)[C@H](O)[C@@H]2O)[C@H](O)[C@H]1O. The van der Waals surface area contributed by atoms with Crippen LogP contribution in [0.1, 0.15) is 127 Å². The van der Waals surface area contributed by atoms with E-state index < -0.39 is 272 Å². The Morgan fingerprint density at radius 1 is 0.553 bits per heavy atom. The molecular weight excluding hydrogens is 1370 g/mol. The maximum atomic E-state index is 16.2. The molecule has 10 fully saturated rings. The van der Waals surface area contributed by atoms with Crippen LogP contribution in [0.4, 0.5) is 0 Å². The maximum Gasteiger partial charge on any atom is 0.337 e. The normalized spacial score (nSPS) is 51.8. The van der Waals surface area contributed by atoms with Crippen molar-refractivity contribution in [3.63, 3.8) is 0 Å². The summed E-state index contributed by atoms with van der Waals surface area (Å²) < 4.78 is 89.7. The fourth-order valence-electron chi connectivity index (χ4n) is 19.5. The number of aldehydes is 1. The average molecular weight is 1480 g/mol. The molecule has 34 heteroatoms. The Bertz CT molecular complexity index is 3070. The van der Waals surface area contributed by atoms with Gasteiger partial charge in [-0.15, -0.1) is 0 Å². The van der Waals surface area contributed by atoms with Crippen LogP contribution < -0.4 is 0 Å². The first-order valence-corrected chi connectivity index (χ1v) is 35.7. The Labute approximate surface area is 594 Å². The van der Waals surface area contributed by atoms with Crippen LogP contribution in [0.25, 0.3) is 0 Å². The van der Waals surface area contributed by atoms with Gasteiger partial charge < -0.3 is 147 Å². The van der Waals surface area contributed by atoms with Gasteiger partial charge in [-0.05, 0) is 111 Å². The molecule has 6 heterocycles. The van der Waals surface area contributed by atoms with Crippen LogP contribution in [-0.4, -0.2) is 313 Å². The van der Waals surface area contributed by atoms with Gasteiger partial charge in [0, 0.05) is 13.8 Å². The van der Waals surface area contributed by atoms with E-state index in [1.165, 1.54) is 13.8 Å². The molecule has 6 aliphatic heterocycles. The summed E-state index contributed by atoms with van der Waals surface area (Å²) in [6.45, 7) is 15.6. The first-order valence-electron chi connectivity index (χ1n) is 35.7. The van der Waals surface area contributed by atoms with Gasteiger partial charge in [0.25, 0.3) is 0 Å². The van der Waals surface area contributed by atoms with Crippen LogP contribution in [0, 0.1) is 50.2 Å². The molecule has 0 aromatic rings. The van der Waals surface area contributed by atoms with Gasteiger partial charge in [0.15, 0.2) is 49.8 Å². The molecule has 5 aliphatic carbocycles. The average Bonchev–Trinajstić information content (AvgIpc) is 0.814. The molecule has 586 valence electrons. The van der Waals surface area contributed by atoms with Crippen LogP contribution in [-0.2, 0) is 95.0 Å². The van der Waals surface area contributed by atoms with Crippen molar-refractivity contribution in [3.8, 4) is 0 Å². The molecule has 0 unspecified atom stereocenters. The first kappa shape index (κ1) is 80.3. The standard InChI is InChI=1S/C69H106O34/c1-26-50(98-57-46(83)39(76)32(74)23-91-57)45(82)49(86)58(92-26)102-55-54(101-59-47(84)41(78)34(96-59)24-90-28(3)72)51(94-29(4)73)27(2)93-62(55)103-63(88)69-19-18-64(5,6)20-31(69)30-12-13-36-65(7)16-15-38(66(8,25-71)35(65)14-17-67(36,9)68(30,10)21-37(69)75)97-61-53(44(81)43(80)52(99-61)56(87)89-11)100-60-48(85)42(79)40(77)33(22-70)95-60/h12,25-27,31-55,57-62,70,74-86H,13-24H2,1-11H3/t26-,27+,31+,32-,33-,34+,35-,36+,37+,38+,39+,40+,41+,42-,43+,44+,45+,46-,47+,48-,49-,50-,51+,52+,53-,54-,55-,57-,58-,59+,60+,61-,62+,65-,66+,67+,68-,69-/m0/s1. The second-order valence-corrected chi connectivity index (χ2v) is 32.1.